The molecule has 0 aliphatic carbocycles. The third-order valence-corrected chi connectivity index (χ3v) is 5.06. The van der Waals surface area contributed by atoms with E-state index in [1.807, 2.05) is 6.07 Å². The number of pyridine rings is 2. The molecule has 0 saturated carbocycles. The Hall–Kier alpha value is -3.71. The van der Waals surface area contributed by atoms with Crippen molar-refractivity contribution >= 4 is 29.4 Å². The number of benzene rings is 1. The summed E-state index contributed by atoms with van der Waals surface area (Å²) in [4.78, 5) is 21.0. The molecule has 3 rings (SSSR count). The van der Waals surface area contributed by atoms with Crippen molar-refractivity contribution in [2.45, 2.75) is 24.0 Å². The quantitative estimate of drug-likeness (QED) is 0.365. The number of ether oxygens (including phenoxy) is 2. The number of carbonyl (C=O) groups is 1. The number of halogens is 2. The molecule has 0 spiro atoms. The van der Waals surface area contributed by atoms with Gasteiger partial charge in [0.2, 0.25) is 0 Å². The van der Waals surface area contributed by atoms with Crippen LogP contribution in [0, 0.1) is 23.0 Å². The lowest BCUT2D eigenvalue weighted by Gasteiger charge is -2.15. The summed E-state index contributed by atoms with van der Waals surface area (Å²) >= 11 is 1.21. The minimum absolute atomic E-state index is 0.0575. The fourth-order valence-corrected chi connectivity index (χ4v) is 3.36. The van der Waals surface area contributed by atoms with Crippen molar-refractivity contribution in [1.29, 1.82) is 5.26 Å². The van der Waals surface area contributed by atoms with Gasteiger partial charge in [-0.2, -0.15) is 5.26 Å². The van der Waals surface area contributed by atoms with Gasteiger partial charge in [0.25, 0.3) is 0 Å². The standard InChI is InChI=1S/C22H18F2N4O3S/c1-3-30-22(29)13(2)32-16-9-19(31-15-5-6-17(23)18(24)8-15)21(27-12-16)28-20-7-4-14(10-25)11-26-20/h4-9,11-13H,3H2,1-2H3,(H,26,27,28). The molecule has 7 nitrogen and oxygen atoms in total. The zero-order valence-electron chi connectivity index (χ0n) is 17.1. The second-order valence-corrected chi connectivity index (χ2v) is 7.79. The smallest absolute Gasteiger partial charge is 0.319 e. The Labute approximate surface area is 187 Å². The molecule has 0 radical (unpaired) electrons. The number of aromatic nitrogens is 2. The third-order valence-electron chi connectivity index (χ3n) is 4.02. The molecule has 0 amide bonds. The van der Waals surface area contributed by atoms with Crippen LogP contribution in [0.3, 0.4) is 0 Å². The first-order valence-electron chi connectivity index (χ1n) is 9.49. The summed E-state index contributed by atoms with van der Waals surface area (Å²) in [7, 11) is 0. The van der Waals surface area contributed by atoms with Crippen LogP contribution in [0.25, 0.3) is 0 Å². The number of rotatable bonds is 8. The third kappa shape index (κ3) is 5.92. The molecule has 0 aliphatic rings. The maximum atomic E-state index is 13.6. The molecule has 164 valence electrons. The molecule has 2 aromatic heterocycles. The zero-order valence-corrected chi connectivity index (χ0v) is 18.0. The Morgan fingerprint density at radius 1 is 1.19 bits per heavy atom. The molecule has 1 unspecified atom stereocenters. The molecule has 10 heteroatoms. The number of esters is 1. The van der Waals surface area contributed by atoms with Crippen molar-refractivity contribution in [2.75, 3.05) is 11.9 Å². The molecule has 0 fully saturated rings. The Bertz CT molecular complexity index is 1150. The minimum atomic E-state index is -1.06. The topological polar surface area (TPSA) is 97.1 Å². The zero-order chi connectivity index (χ0) is 23.1. The van der Waals surface area contributed by atoms with Gasteiger partial charge >= 0.3 is 5.97 Å². The molecular weight excluding hydrogens is 438 g/mol. The van der Waals surface area contributed by atoms with E-state index >= 15 is 0 Å². The molecule has 1 aromatic carbocycles. The van der Waals surface area contributed by atoms with E-state index in [0.717, 1.165) is 12.1 Å². The van der Waals surface area contributed by atoms with E-state index in [1.165, 1.54) is 30.2 Å². The van der Waals surface area contributed by atoms with Crippen LogP contribution in [0.4, 0.5) is 20.4 Å². The van der Waals surface area contributed by atoms with Gasteiger partial charge in [0.05, 0.1) is 12.2 Å². The van der Waals surface area contributed by atoms with Crippen molar-refractivity contribution in [3.63, 3.8) is 0 Å². The number of carbonyl (C=O) groups excluding carboxylic acids is 1. The average molecular weight is 456 g/mol. The second-order valence-electron chi connectivity index (χ2n) is 6.38. The molecule has 32 heavy (non-hydrogen) atoms. The average Bonchev–Trinajstić information content (AvgIpc) is 2.78. The molecule has 3 aromatic rings. The van der Waals surface area contributed by atoms with E-state index in [4.69, 9.17) is 14.7 Å². The first-order valence-corrected chi connectivity index (χ1v) is 10.4. The molecule has 1 N–H and O–H groups in total. The normalized spacial score (nSPS) is 11.3. The number of hydrogen-bond donors (Lipinski definition) is 1. The van der Waals surface area contributed by atoms with Crippen LogP contribution in [-0.4, -0.2) is 27.8 Å². The highest BCUT2D eigenvalue weighted by Gasteiger charge is 2.18. The van der Waals surface area contributed by atoms with E-state index in [-0.39, 0.29) is 29.9 Å². The summed E-state index contributed by atoms with van der Waals surface area (Å²) in [5.41, 5.74) is 0.390. The number of nitrogens with one attached hydrogen (secondary N) is 1. The number of anilines is 2. The summed E-state index contributed by atoms with van der Waals surface area (Å²) < 4.78 is 37.7. The lowest BCUT2D eigenvalue weighted by Crippen LogP contribution is -2.16. The second kappa shape index (κ2) is 10.5. The molecule has 1 atom stereocenters. The summed E-state index contributed by atoms with van der Waals surface area (Å²) in [6.07, 6.45) is 2.92. The summed E-state index contributed by atoms with van der Waals surface area (Å²) in [5, 5.41) is 11.4. The lowest BCUT2D eigenvalue weighted by atomic mass is 10.3. The molecule has 0 saturated heterocycles. The van der Waals surface area contributed by atoms with Crippen molar-refractivity contribution in [1.82, 2.24) is 9.97 Å². The number of hydrogen-bond acceptors (Lipinski definition) is 8. The predicted molar refractivity (Wildman–Crippen MR) is 115 cm³/mol. The van der Waals surface area contributed by atoms with Gasteiger partial charge in [-0.3, -0.25) is 4.79 Å². The monoisotopic (exact) mass is 456 g/mol. The maximum absolute atomic E-state index is 13.6. The van der Waals surface area contributed by atoms with Crippen LogP contribution in [0.15, 0.2) is 53.7 Å². The Morgan fingerprint density at radius 2 is 2.00 bits per heavy atom. The van der Waals surface area contributed by atoms with Gasteiger partial charge in [0, 0.05) is 23.4 Å². The van der Waals surface area contributed by atoms with E-state index in [9.17, 15) is 13.6 Å². The van der Waals surface area contributed by atoms with Crippen molar-refractivity contribution < 1.29 is 23.0 Å². The van der Waals surface area contributed by atoms with Gasteiger partial charge in [0.1, 0.15) is 22.9 Å². The summed E-state index contributed by atoms with van der Waals surface area (Å²) in [6, 6.07) is 9.91. The Balaban J connectivity index is 1.90. The number of thioether (sulfide) groups is 1. The van der Waals surface area contributed by atoms with E-state index < -0.39 is 16.9 Å². The Morgan fingerprint density at radius 3 is 2.66 bits per heavy atom. The highest BCUT2D eigenvalue weighted by molar-refractivity contribution is 8.00. The minimum Gasteiger partial charge on any atom is -0.465 e. The van der Waals surface area contributed by atoms with Gasteiger partial charge < -0.3 is 14.8 Å². The molecule has 0 bridgehead atoms. The van der Waals surface area contributed by atoms with Crippen molar-refractivity contribution in [3.8, 4) is 17.6 Å². The van der Waals surface area contributed by atoms with Gasteiger partial charge in [-0.25, -0.2) is 18.7 Å². The first-order chi connectivity index (χ1) is 15.4. The highest BCUT2D eigenvalue weighted by atomic mass is 32.2. The summed E-state index contributed by atoms with van der Waals surface area (Å²) in [6.45, 7) is 3.70. The van der Waals surface area contributed by atoms with Crippen LogP contribution in [-0.2, 0) is 9.53 Å². The van der Waals surface area contributed by atoms with Crippen LogP contribution >= 0.6 is 11.8 Å². The Kier molecular flexibility index (Phi) is 7.57. The van der Waals surface area contributed by atoms with Crippen molar-refractivity contribution in [3.05, 3.63) is 66.0 Å². The van der Waals surface area contributed by atoms with Crippen LogP contribution in [0.2, 0.25) is 0 Å². The van der Waals surface area contributed by atoms with E-state index in [2.05, 4.69) is 15.3 Å². The lowest BCUT2D eigenvalue weighted by molar-refractivity contribution is -0.142. The SMILES string of the molecule is CCOC(=O)C(C)Sc1cnc(Nc2ccc(C#N)cn2)c(Oc2ccc(F)c(F)c2)c1. The molecular formula is C22H18F2N4O3S. The van der Waals surface area contributed by atoms with Crippen molar-refractivity contribution in [2.24, 2.45) is 0 Å². The van der Waals surface area contributed by atoms with Crippen LogP contribution in [0.1, 0.15) is 19.4 Å². The van der Waals surface area contributed by atoms with E-state index in [1.54, 1.807) is 32.0 Å². The fourth-order valence-electron chi connectivity index (χ4n) is 2.50. The molecule has 0 aliphatic heterocycles. The maximum Gasteiger partial charge on any atom is 0.319 e. The van der Waals surface area contributed by atoms with Gasteiger partial charge in [-0.15, -0.1) is 11.8 Å². The summed E-state index contributed by atoms with van der Waals surface area (Å²) in [5.74, 6) is -1.52. The van der Waals surface area contributed by atoms with E-state index in [0.29, 0.717) is 16.3 Å². The van der Waals surface area contributed by atoms with Crippen LogP contribution in [0.5, 0.6) is 11.5 Å². The molecule has 2 heterocycles. The first kappa shape index (κ1) is 23.0. The van der Waals surface area contributed by atoms with Gasteiger partial charge in [-0.05, 0) is 44.2 Å². The number of nitriles is 1. The fraction of sp³-hybridized carbons (Fsp3) is 0.182. The van der Waals surface area contributed by atoms with Crippen LogP contribution < -0.4 is 10.1 Å². The number of nitrogens with zero attached hydrogens (tertiary/aromatic N) is 3. The largest absolute Gasteiger partial charge is 0.465 e. The predicted octanol–water partition coefficient (Wildman–Crippen LogP) is 5.21. The highest BCUT2D eigenvalue weighted by Crippen LogP contribution is 2.35. The van der Waals surface area contributed by atoms with Gasteiger partial charge in [-0.1, -0.05) is 0 Å². The van der Waals surface area contributed by atoms with Gasteiger partial charge in [0.15, 0.2) is 23.2 Å².